The molecule has 8 nitrogen and oxygen atoms in total. The number of ether oxygens (including phenoxy) is 3. The van der Waals surface area contributed by atoms with E-state index in [1.54, 1.807) is 24.3 Å². The van der Waals surface area contributed by atoms with Gasteiger partial charge in [-0.15, -0.1) is 0 Å². The van der Waals surface area contributed by atoms with Crippen molar-refractivity contribution < 1.29 is 24.1 Å². The number of hydrogen-bond donors (Lipinski definition) is 2. The number of benzene rings is 2. The fraction of sp³-hybridized carbons (Fsp3) is 0.333. The topological polar surface area (TPSA) is 94.8 Å². The smallest absolute Gasteiger partial charge is 0.251 e. The van der Waals surface area contributed by atoms with E-state index in [0.717, 1.165) is 17.0 Å². The molecule has 3 rings (SSSR count). The van der Waals surface area contributed by atoms with Gasteiger partial charge < -0.3 is 24.6 Å². The lowest BCUT2D eigenvalue weighted by Gasteiger charge is -2.17. The van der Waals surface area contributed by atoms with Gasteiger partial charge in [0.05, 0.1) is 26.5 Å². The van der Waals surface area contributed by atoms with Gasteiger partial charge in [0.1, 0.15) is 12.7 Å². The highest BCUT2D eigenvalue weighted by Gasteiger charge is 2.15. The molecule has 3 aromatic rings. The van der Waals surface area contributed by atoms with Gasteiger partial charge in [0.15, 0.2) is 11.5 Å². The van der Waals surface area contributed by atoms with Crippen LogP contribution in [0.25, 0.3) is 0 Å². The molecule has 0 saturated carbocycles. The molecule has 170 valence electrons. The second kappa shape index (κ2) is 10.7. The summed E-state index contributed by atoms with van der Waals surface area (Å²) < 4.78 is 18.1. The molecule has 0 aliphatic rings. The van der Waals surface area contributed by atoms with E-state index in [0.29, 0.717) is 29.4 Å². The first kappa shape index (κ1) is 23.1. The molecule has 0 spiro atoms. The first-order valence-electron chi connectivity index (χ1n) is 10.3. The van der Waals surface area contributed by atoms with Gasteiger partial charge >= 0.3 is 0 Å². The minimum Gasteiger partial charge on any atom is -0.493 e. The number of carbonyl (C=O) groups is 1. The Morgan fingerprint density at radius 1 is 1.09 bits per heavy atom. The second-order valence-electron chi connectivity index (χ2n) is 7.45. The lowest BCUT2D eigenvalue weighted by Crippen LogP contribution is -2.35. The number of para-hydroxylation sites is 1. The zero-order valence-electron chi connectivity index (χ0n) is 18.8. The molecule has 1 aromatic heterocycles. The van der Waals surface area contributed by atoms with Crippen molar-refractivity contribution in [2.75, 3.05) is 27.4 Å². The van der Waals surface area contributed by atoms with E-state index in [2.05, 4.69) is 10.4 Å². The van der Waals surface area contributed by atoms with E-state index in [-0.39, 0.29) is 19.1 Å². The molecule has 2 aromatic carbocycles. The van der Waals surface area contributed by atoms with E-state index in [9.17, 15) is 9.90 Å². The maximum absolute atomic E-state index is 12.6. The molecule has 0 saturated heterocycles. The number of nitrogens with zero attached hydrogens (tertiary/aromatic N) is 2. The third-order valence-corrected chi connectivity index (χ3v) is 4.93. The normalized spacial score (nSPS) is 11.7. The Kier molecular flexibility index (Phi) is 7.72. The van der Waals surface area contributed by atoms with Crippen LogP contribution in [0.15, 0.2) is 48.5 Å². The van der Waals surface area contributed by atoms with Gasteiger partial charge in [-0.1, -0.05) is 18.2 Å². The van der Waals surface area contributed by atoms with Crippen molar-refractivity contribution in [2.45, 2.75) is 26.5 Å². The lowest BCUT2D eigenvalue weighted by atomic mass is 10.1. The molecule has 1 amide bonds. The van der Waals surface area contributed by atoms with Crippen LogP contribution in [0.1, 0.15) is 27.3 Å². The number of hydrogen-bond acceptors (Lipinski definition) is 6. The van der Waals surface area contributed by atoms with Crippen molar-refractivity contribution >= 4 is 5.91 Å². The van der Waals surface area contributed by atoms with Crippen LogP contribution in [-0.4, -0.2) is 54.3 Å². The first-order valence-corrected chi connectivity index (χ1v) is 10.3. The van der Waals surface area contributed by atoms with Crippen LogP contribution in [0.3, 0.4) is 0 Å². The number of nitrogens with one attached hydrogen (secondary N) is 1. The molecule has 0 aliphatic carbocycles. The quantitative estimate of drug-likeness (QED) is 0.504. The van der Waals surface area contributed by atoms with Gasteiger partial charge in [0, 0.05) is 17.8 Å². The number of amides is 1. The zero-order valence-corrected chi connectivity index (χ0v) is 18.8. The summed E-state index contributed by atoms with van der Waals surface area (Å²) in [7, 11) is 3.06. The Morgan fingerprint density at radius 2 is 1.78 bits per heavy atom. The van der Waals surface area contributed by atoms with Crippen molar-refractivity contribution in [3.63, 3.8) is 0 Å². The molecule has 32 heavy (non-hydrogen) atoms. The zero-order chi connectivity index (χ0) is 23.1. The van der Waals surface area contributed by atoms with Crippen LogP contribution in [0, 0.1) is 13.8 Å². The lowest BCUT2D eigenvalue weighted by molar-refractivity contribution is 0.0833. The van der Waals surface area contributed by atoms with E-state index in [1.165, 1.54) is 14.2 Å². The molecule has 0 bridgehead atoms. The number of aliphatic hydroxyl groups is 1. The molecule has 0 fully saturated rings. The number of aromatic nitrogens is 2. The van der Waals surface area contributed by atoms with Crippen LogP contribution < -0.4 is 19.5 Å². The Bertz CT molecular complexity index is 1040. The van der Waals surface area contributed by atoms with Crippen molar-refractivity contribution in [2.24, 2.45) is 0 Å². The van der Waals surface area contributed by atoms with Gasteiger partial charge in [-0.05, 0) is 49.7 Å². The SMILES string of the molecule is COc1cccc(OC)c1OCC(O)CNC(=O)c1cccc(Cn2nc(C)cc2C)c1. The van der Waals surface area contributed by atoms with Crippen molar-refractivity contribution in [1.82, 2.24) is 15.1 Å². The first-order chi connectivity index (χ1) is 15.4. The summed E-state index contributed by atoms with van der Waals surface area (Å²) in [6.07, 6.45) is -0.911. The fourth-order valence-corrected chi connectivity index (χ4v) is 3.33. The second-order valence-corrected chi connectivity index (χ2v) is 7.45. The molecule has 1 atom stereocenters. The minimum atomic E-state index is -0.911. The highest BCUT2D eigenvalue weighted by Crippen LogP contribution is 2.36. The molecular formula is C24H29N3O5. The Balaban J connectivity index is 1.55. The maximum atomic E-state index is 12.6. The van der Waals surface area contributed by atoms with E-state index in [1.807, 2.05) is 42.8 Å². The molecule has 8 heteroatoms. The molecule has 0 radical (unpaired) electrons. The Hall–Kier alpha value is -3.52. The average Bonchev–Trinajstić information content (AvgIpc) is 3.12. The largest absolute Gasteiger partial charge is 0.493 e. The average molecular weight is 440 g/mol. The summed E-state index contributed by atoms with van der Waals surface area (Å²) in [4.78, 5) is 12.6. The predicted molar refractivity (Wildman–Crippen MR) is 121 cm³/mol. The molecule has 2 N–H and O–H groups in total. The van der Waals surface area contributed by atoms with Crippen molar-refractivity contribution in [3.8, 4) is 17.2 Å². The number of methoxy groups -OCH3 is 2. The predicted octanol–water partition coefficient (Wildman–Crippen LogP) is 2.74. The highest BCUT2D eigenvalue weighted by atomic mass is 16.5. The third kappa shape index (κ3) is 5.79. The van der Waals surface area contributed by atoms with E-state index in [4.69, 9.17) is 14.2 Å². The van der Waals surface area contributed by atoms with Crippen LogP contribution in [0.4, 0.5) is 0 Å². The van der Waals surface area contributed by atoms with Crippen LogP contribution >= 0.6 is 0 Å². The standard InChI is InChI=1S/C24H29N3O5/c1-16-11-17(2)27(26-16)14-18-7-5-8-19(12-18)24(29)25-13-20(28)15-32-23-21(30-3)9-6-10-22(23)31-4/h5-12,20,28H,13-15H2,1-4H3,(H,25,29). The van der Waals surface area contributed by atoms with Gasteiger partial charge in [-0.3, -0.25) is 9.48 Å². The number of aliphatic hydroxyl groups excluding tert-OH is 1. The maximum Gasteiger partial charge on any atom is 0.251 e. The van der Waals surface area contributed by atoms with Gasteiger partial charge in [0.2, 0.25) is 5.75 Å². The fourth-order valence-electron chi connectivity index (χ4n) is 3.33. The van der Waals surface area contributed by atoms with Gasteiger partial charge in [-0.25, -0.2) is 0 Å². The van der Waals surface area contributed by atoms with E-state index >= 15 is 0 Å². The van der Waals surface area contributed by atoms with Crippen molar-refractivity contribution in [1.29, 1.82) is 0 Å². The summed E-state index contributed by atoms with van der Waals surface area (Å²) >= 11 is 0. The summed E-state index contributed by atoms with van der Waals surface area (Å²) in [5.41, 5.74) is 3.50. The molecule has 0 aliphatic heterocycles. The molecule has 1 heterocycles. The summed E-state index contributed by atoms with van der Waals surface area (Å²) in [6, 6.07) is 14.6. The van der Waals surface area contributed by atoms with Crippen molar-refractivity contribution in [3.05, 3.63) is 71.0 Å². The van der Waals surface area contributed by atoms with Crippen LogP contribution in [-0.2, 0) is 6.54 Å². The summed E-state index contributed by atoms with van der Waals surface area (Å²) in [5.74, 6) is 1.13. The molecule has 1 unspecified atom stereocenters. The van der Waals surface area contributed by atoms with Gasteiger partial charge in [-0.2, -0.15) is 5.10 Å². The van der Waals surface area contributed by atoms with Crippen LogP contribution in [0.2, 0.25) is 0 Å². The minimum absolute atomic E-state index is 0.0328. The third-order valence-electron chi connectivity index (χ3n) is 4.93. The van der Waals surface area contributed by atoms with Crippen LogP contribution in [0.5, 0.6) is 17.2 Å². The summed E-state index contributed by atoms with van der Waals surface area (Å²) in [6.45, 7) is 4.54. The Morgan fingerprint density at radius 3 is 2.41 bits per heavy atom. The number of carbonyl (C=O) groups excluding carboxylic acids is 1. The Labute approximate surface area is 187 Å². The highest BCUT2D eigenvalue weighted by molar-refractivity contribution is 5.94. The monoisotopic (exact) mass is 439 g/mol. The molecular weight excluding hydrogens is 410 g/mol. The van der Waals surface area contributed by atoms with E-state index < -0.39 is 6.10 Å². The number of rotatable bonds is 10. The number of aryl methyl sites for hydroxylation is 2. The summed E-state index contributed by atoms with van der Waals surface area (Å²) in [5, 5.41) is 17.5. The van der Waals surface area contributed by atoms with Gasteiger partial charge in [0.25, 0.3) is 5.91 Å².